The zero-order valence-electron chi connectivity index (χ0n) is 15.0. The van der Waals surface area contributed by atoms with Gasteiger partial charge in [0.25, 0.3) is 0 Å². The van der Waals surface area contributed by atoms with Crippen molar-refractivity contribution in [3.05, 3.63) is 58.3 Å². The van der Waals surface area contributed by atoms with Crippen LogP contribution < -0.4 is 10.6 Å². The van der Waals surface area contributed by atoms with Crippen molar-refractivity contribution < 1.29 is 14.3 Å². The van der Waals surface area contributed by atoms with Crippen molar-refractivity contribution >= 4 is 45.2 Å². The lowest BCUT2D eigenvalue weighted by molar-refractivity contribution is -0.114. The van der Waals surface area contributed by atoms with Gasteiger partial charge in [0.1, 0.15) is 10.6 Å². The highest BCUT2D eigenvalue weighted by Gasteiger charge is 2.23. The van der Waals surface area contributed by atoms with Gasteiger partial charge in [-0.3, -0.25) is 4.79 Å². The number of benzene rings is 1. The van der Waals surface area contributed by atoms with E-state index in [1.807, 2.05) is 22.9 Å². The predicted molar refractivity (Wildman–Crippen MR) is 112 cm³/mol. The Bertz CT molecular complexity index is 1020. The zero-order chi connectivity index (χ0) is 19.9. The maximum atomic E-state index is 12.5. The Hall–Kier alpha value is -3.15. The number of nitrogens with zero attached hydrogens (tertiary/aromatic N) is 1. The van der Waals surface area contributed by atoms with Crippen LogP contribution in [-0.4, -0.2) is 25.0 Å². The molecule has 0 saturated heterocycles. The number of nitrogens with one attached hydrogen (secondary N) is 2. The molecule has 6 nitrogen and oxygen atoms in total. The lowest BCUT2D eigenvalue weighted by Crippen LogP contribution is -2.22. The summed E-state index contributed by atoms with van der Waals surface area (Å²) in [6.45, 7) is 2.00. The number of rotatable bonds is 7. The van der Waals surface area contributed by atoms with Gasteiger partial charge < -0.3 is 15.4 Å². The van der Waals surface area contributed by atoms with Gasteiger partial charge in [-0.25, -0.2) is 4.79 Å². The van der Waals surface area contributed by atoms with Crippen LogP contribution >= 0.6 is 22.7 Å². The number of thiophene rings is 2. The van der Waals surface area contributed by atoms with Crippen molar-refractivity contribution in [1.82, 2.24) is 0 Å². The molecule has 2 N–H and O–H groups in total. The fourth-order valence-electron chi connectivity index (χ4n) is 2.52. The molecule has 0 aliphatic rings. The molecule has 0 aliphatic carbocycles. The van der Waals surface area contributed by atoms with Crippen molar-refractivity contribution in [1.29, 1.82) is 5.26 Å². The molecule has 0 bridgehead atoms. The fraction of sp³-hybridized carbons (Fsp3) is 0.150. The first-order valence-electron chi connectivity index (χ1n) is 8.48. The van der Waals surface area contributed by atoms with Gasteiger partial charge in [-0.15, -0.1) is 22.7 Å². The lowest BCUT2D eigenvalue weighted by atomic mass is 10.1. The summed E-state index contributed by atoms with van der Waals surface area (Å²) in [5.74, 6) is -0.760. The van der Waals surface area contributed by atoms with Crippen LogP contribution in [0.15, 0.2) is 47.2 Å². The van der Waals surface area contributed by atoms with E-state index in [2.05, 4.69) is 16.7 Å². The van der Waals surface area contributed by atoms with Crippen LogP contribution in [0.3, 0.4) is 0 Å². The first kappa shape index (κ1) is 19.6. The summed E-state index contributed by atoms with van der Waals surface area (Å²) < 4.78 is 5.18. The largest absolute Gasteiger partial charge is 0.462 e. The van der Waals surface area contributed by atoms with Crippen LogP contribution in [0.2, 0.25) is 0 Å². The number of carbonyl (C=O) groups excluding carboxylic acids is 2. The minimum atomic E-state index is -0.461. The second-order valence-corrected chi connectivity index (χ2v) is 7.47. The summed E-state index contributed by atoms with van der Waals surface area (Å²) in [7, 11) is 0. The summed E-state index contributed by atoms with van der Waals surface area (Å²) in [5.41, 5.74) is 2.30. The van der Waals surface area contributed by atoms with E-state index in [-0.39, 0.29) is 19.1 Å². The lowest BCUT2D eigenvalue weighted by Gasteiger charge is -2.09. The van der Waals surface area contributed by atoms with Crippen molar-refractivity contribution in [3.63, 3.8) is 0 Å². The first-order chi connectivity index (χ1) is 13.6. The van der Waals surface area contributed by atoms with E-state index in [4.69, 9.17) is 10.00 Å². The minimum Gasteiger partial charge on any atom is -0.462 e. The second kappa shape index (κ2) is 9.17. The molecular formula is C20H17N3O3S2. The van der Waals surface area contributed by atoms with Crippen molar-refractivity contribution in [2.24, 2.45) is 0 Å². The number of hydrogen-bond acceptors (Lipinski definition) is 7. The number of esters is 1. The van der Waals surface area contributed by atoms with Crippen molar-refractivity contribution in [2.75, 3.05) is 23.8 Å². The Labute approximate surface area is 170 Å². The van der Waals surface area contributed by atoms with E-state index >= 15 is 0 Å². The van der Waals surface area contributed by atoms with E-state index in [1.165, 1.54) is 22.7 Å². The van der Waals surface area contributed by atoms with Gasteiger partial charge >= 0.3 is 5.97 Å². The third-order valence-corrected chi connectivity index (χ3v) is 5.55. The molecule has 142 valence electrons. The number of hydrogen-bond donors (Lipinski definition) is 2. The molecule has 0 spiro atoms. The number of anilines is 2. The summed E-state index contributed by atoms with van der Waals surface area (Å²) in [6, 6.07) is 12.8. The predicted octanol–water partition coefficient (Wildman–Crippen LogP) is 4.58. The van der Waals surface area contributed by atoms with Crippen LogP contribution in [0.5, 0.6) is 0 Å². The third-order valence-electron chi connectivity index (χ3n) is 3.75. The summed E-state index contributed by atoms with van der Waals surface area (Å²) in [5, 5.41) is 18.9. The molecule has 0 unspecified atom stereocenters. The number of ether oxygens (including phenoxy) is 1. The molecule has 1 amide bonds. The standard InChI is InChI=1S/C20H17N3O3S2/c1-2-26-20(25)18-15(16-7-4-8-27-16)12-28-19(18)23-17(24)11-22-14-6-3-5-13(9-14)10-21/h3-9,12,22H,2,11H2,1H3,(H,23,24). The fourth-order valence-corrected chi connectivity index (χ4v) is 4.31. The first-order valence-corrected chi connectivity index (χ1v) is 10.2. The van der Waals surface area contributed by atoms with Gasteiger partial charge in [0.2, 0.25) is 5.91 Å². The van der Waals surface area contributed by atoms with Crippen LogP contribution in [0.1, 0.15) is 22.8 Å². The molecule has 2 heterocycles. The van der Waals surface area contributed by atoms with Gasteiger partial charge in [-0.1, -0.05) is 12.1 Å². The maximum absolute atomic E-state index is 12.5. The van der Waals surface area contributed by atoms with Crippen LogP contribution in [0.4, 0.5) is 10.7 Å². The topological polar surface area (TPSA) is 91.2 Å². The highest BCUT2D eigenvalue weighted by atomic mass is 32.1. The SMILES string of the molecule is CCOC(=O)c1c(-c2cccs2)csc1NC(=O)CNc1cccc(C#N)c1. The molecule has 0 saturated carbocycles. The smallest absolute Gasteiger partial charge is 0.341 e. The van der Waals surface area contributed by atoms with E-state index in [0.717, 1.165) is 10.4 Å². The van der Waals surface area contributed by atoms with Crippen LogP contribution in [0, 0.1) is 11.3 Å². The van der Waals surface area contributed by atoms with Gasteiger partial charge in [0.15, 0.2) is 0 Å². The van der Waals surface area contributed by atoms with Crippen LogP contribution in [0.25, 0.3) is 10.4 Å². The highest BCUT2D eigenvalue weighted by molar-refractivity contribution is 7.17. The third kappa shape index (κ3) is 4.57. The quantitative estimate of drug-likeness (QED) is 0.556. The average Bonchev–Trinajstić information content (AvgIpc) is 3.36. The molecule has 3 aromatic rings. The Kier molecular flexibility index (Phi) is 6.42. The maximum Gasteiger partial charge on any atom is 0.341 e. The second-order valence-electron chi connectivity index (χ2n) is 5.65. The van der Waals surface area contributed by atoms with Crippen molar-refractivity contribution in [3.8, 4) is 16.5 Å². The van der Waals surface area contributed by atoms with E-state index in [0.29, 0.717) is 21.8 Å². The number of amides is 1. The van der Waals surface area contributed by atoms with Crippen LogP contribution in [-0.2, 0) is 9.53 Å². The molecule has 3 rings (SSSR count). The van der Waals surface area contributed by atoms with Gasteiger partial charge in [-0.2, -0.15) is 5.26 Å². The monoisotopic (exact) mass is 411 g/mol. The minimum absolute atomic E-state index is 0.00336. The van der Waals surface area contributed by atoms with Crippen molar-refractivity contribution in [2.45, 2.75) is 6.92 Å². The molecule has 1 aromatic carbocycles. The Balaban J connectivity index is 1.75. The highest BCUT2D eigenvalue weighted by Crippen LogP contribution is 2.38. The summed E-state index contributed by atoms with van der Waals surface area (Å²) in [6.07, 6.45) is 0. The van der Waals surface area contributed by atoms with Gasteiger partial charge in [-0.05, 0) is 36.6 Å². The Morgan fingerprint density at radius 3 is 2.79 bits per heavy atom. The number of carbonyl (C=O) groups is 2. The summed E-state index contributed by atoms with van der Waals surface area (Å²) in [4.78, 5) is 25.8. The molecule has 8 heteroatoms. The number of nitriles is 1. The molecule has 0 radical (unpaired) electrons. The van der Waals surface area contributed by atoms with Gasteiger partial charge in [0.05, 0.1) is 24.8 Å². The normalized spacial score (nSPS) is 10.1. The summed E-state index contributed by atoms with van der Waals surface area (Å²) >= 11 is 2.80. The Morgan fingerprint density at radius 1 is 1.21 bits per heavy atom. The van der Waals surface area contributed by atoms with E-state index < -0.39 is 5.97 Å². The Morgan fingerprint density at radius 2 is 2.07 bits per heavy atom. The van der Waals surface area contributed by atoms with Gasteiger partial charge in [0, 0.05) is 21.5 Å². The molecule has 28 heavy (non-hydrogen) atoms. The van der Waals surface area contributed by atoms with E-state index in [9.17, 15) is 9.59 Å². The zero-order valence-corrected chi connectivity index (χ0v) is 16.7. The molecule has 2 aromatic heterocycles. The molecule has 0 atom stereocenters. The molecular weight excluding hydrogens is 394 g/mol. The molecule has 0 aliphatic heterocycles. The molecule has 0 fully saturated rings. The average molecular weight is 412 g/mol. The van der Waals surface area contributed by atoms with E-state index in [1.54, 1.807) is 31.2 Å².